The van der Waals surface area contributed by atoms with Crippen LogP contribution in [-0.4, -0.2) is 5.91 Å². The Labute approximate surface area is 124 Å². The van der Waals surface area contributed by atoms with Crippen LogP contribution in [0.25, 0.3) is 6.08 Å². The van der Waals surface area contributed by atoms with Crippen molar-refractivity contribution >= 4 is 47.6 Å². The number of nitrogens with one attached hydrogen (secondary N) is 1. The zero-order valence-electron chi connectivity index (χ0n) is 10.5. The Morgan fingerprint density at radius 3 is 2.33 bits per heavy atom. The Bertz CT molecular complexity index is 450. The maximum atomic E-state index is 11.6. The lowest BCUT2D eigenvalue weighted by Crippen LogP contribution is -2.31. The van der Waals surface area contributed by atoms with E-state index in [-0.39, 0.29) is 18.3 Å². The Balaban J connectivity index is 0.00000289. The van der Waals surface area contributed by atoms with Crippen LogP contribution in [-0.2, 0) is 4.79 Å². The minimum atomic E-state index is -0.401. The molecule has 1 rings (SSSR count). The van der Waals surface area contributed by atoms with E-state index >= 15 is 0 Å². The zero-order valence-corrected chi connectivity index (χ0v) is 12.8. The van der Waals surface area contributed by atoms with Gasteiger partial charge < -0.3 is 5.32 Å². The van der Waals surface area contributed by atoms with Crippen LogP contribution < -0.4 is 5.32 Å². The monoisotopic (exact) mass is 307 g/mol. The standard InChI is InChI=1S/C13H15Cl2NO.ClH/c1-13(2,3)12(17)16-7-6-9-4-5-10(14)11(15)8-9;/h4-8H,1-3H3,(H,16,17);1H/b7-6+;. The van der Waals surface area contributed by atoms with Crippen molar-refractivity contribution in [3.63, 3.8) is 0 Å². The van der Waals surface area contributed by atoms with E-state index in [0.29, 0.717) is 10.0 Å². The van der Waals surface area contributed by atoms with Crippen LogP contribution in [0, 0.1) is 5.41 Å². The molecule has 2 nitrogen and oxygen atoms in total. The second-order valence-corrected chi connectivity index (χ2v) is 5.54. The molecule has 1 aromatic rings. The zero-order chi connectivity index (χ0) is 13.1. The third kappa shape index (κ3) is 5.30. The largest absolute Gasteiger partial charge is 0.332 e. The summed E-state index contributed by atoms with van der Waals surface area (Å²) >= 11 is 11.7. The molecule has 1 aromatic carbocycles. The molecule has 0 atom stereocenters. The third-order valence-corrected chi connectivity index (χ3v) is 2.85. The minimum absolute atomic E-state index is 0. The minimum Gasteiger partial charge on any atom is -0.332 e. The van der Waals surface area contributed by atoms with Crippen LogP contribution in [0.2, 0.25) is 10.0 Å². The maximum absolute atomic E-state index is 11.6. The molecule has 0 saturated heterocycles. The summed E-state index contributed by atoms with van der Waals surface area (Å²) < 4.78 is 0. The number of hydrogen-bond donors (Lipinski definition) is 1. The highest BCUT2D eigenvalue weighted by Gasteiger charge is 2.19. The molecule has 1 amide bonds. The van der Waals surface area contributed by atoms with Crippen LogP contribution in [0.5, 0.6) is 0 Å². The van der Waals surface area contributed by atoms with Gasteiger partial charge in [0.05, 0.1) is 10.0 Å². The van der Waals surface area contributed by atoms with Crippen molar-refractivity contribution in [2.24, 2.45) is 5.41 Å². The first-order valence-electron chi connectivity index (χ1n) is 5.23. The summed E-state index contributed by atoms with van der Waals surface area (Å²) in [5, 5.41) is 3.72. The number of hydrogen-bond acceptors (Lipinski definition) is 1. The second-order valence-electron chi connectivity index (χ2n) is 4.73. The molecule has 0 fully saturated rings. The van der Waals surface area contributed by atoms with Gasteiger partial charge in [-0.05, 0) is 23.8 Å². The van der Waals surface area contributed by atoms with E-state index in [1.807, 2.05) is 26.8 Å². The van der Waals surface area contributed by atoms with Gasteiger partial charge in [0.25, 0.3) is 0 Å². The fraction of sp³-hybridized carbons (Fsp3) is 0.308. The number of benzene rings is 1. The van der Waals surface area contributed by atoms with E-state index in [9.17, 15) is 4.79 Å². The summed E-state index contributed by atoms with van der Waals surface area (Å²) in [6, 6.07) is 5.28. The number of amides is 1. The summed E-state index contributed by atoms with van der Waals surface area (Å²) in [7, 11) is 0. The van der Waals surface area contributed by atoms with Crippen molar-refractivity contribution in [3.8, 4) is 0 Å². The molecule has 5 heteroatoms. The molecule has 0 saturated carbocycles. The summed E-state index contributed by atoms with van der Waals surface area (Å²) in [6.07, 6.45) is 3.37. The fourth-order valence-corrected chi connectivity index (χ4v) is 1.35. The lowest BCUT2D eigenvalue weighted by atomic mass is 9.96. The van der Waals surface area contributed by atoms with Gasteiger partial charge in [-0.15, -0.1) is 12.4 Å². The Morgan fingerprint density at radius 2 is 1.83 bits per heavy atom. The van der Waals surface area contributed by atoms with Crippen LogP contribution in [0.15, 0.2) is 24.4 Å². The Kier molecular flexibility index (Phi) is 6.76. The molecular weight excluding hydrogens is 293 g/mol. The van der Waals surface area contributed by atoms with E-state index in [1.54, 1.807) is 24.4 Å². The Morgan fingerprint density at radius 1 is 1.22 bits per heavy atom. The number of carbonyl (C=O) groups is 1. The second kappa shape index (κ2) is 7.03. The van der Waals surface area contributed by atoms with Gasteiger partial charge in [-0.2, -0.15) is 0 Å². The first kappa shape index (κ1) is 17.3. The Hall–Kier alpha value is -0.700. The van der Waals surface area contributed by atoms with Gasteiger partial charge in [0, 0.05) is 11.6 Å². The van der Waals surface area contributed by atoms with Crippen molar-refractivity contribution < 1.29 is 4.79 Å². The molecule has 0 radical (unpaired) electrons. The van der Waals surface area contributed by atoms with E-state index in [2.05, 4.69) is 5.32 Å². The smallest absolute Gasteiger partial charge is 0.229 e. The molecule has 18 heavy (non-hydrogen) atoms. The summed E-state index contributed by atoms with van der Waals surface area (Å²) in [5.74, 6) is -0.0335. The first-order valence-corrected chi connectivity index (χ1v) is 5.99. The molecule has 0 bridgehead atoms. The lowest BCUT2D eigenvalue weighted by molar-refractivity contribution is -0.127. The quantitative estimate of drug-likeness (QED) is 0.853. The molecule has 0 aliphatic rings. The van der Waals surface area contributed by atoms with Crippen molar-refractivity contribution in [3.05, 3.63) is 40.0 Å². The van der Waals surface area contributed by atoms with E-state index in [0.717, 1.165) is 5.56 Å². The molecule has 0 aliphatic carbocycles. The molecule has 0 unspecified atom stereocenters. The van der Waals surface area contributed by atoms with Crippen LogP contribution in [0.4, 0.5) is 0 Å². The van der Waals surface area contributed by atoms with Crippen LogP contribution >= 0.6 is 35.6 Å². The van der Waals surface area contributed by atoms with Crippen molar-refractivity contribution in [1.29, 1.82) is 0 Å². The lowest BCUT2D eigenvalue weighted by Gasteiger charge is -2.15. The third-order valence-electron chi connectivity index (χ3n) is 2.12. The topological polar surface area (TPSA) is 29.1 Å². The summed E-state index contributed by atoms with van der Waals surface area (Å²) in [6.45, 7) is 5.57. The van der Waals surface area contributed by atoms with E-state index in [1.165, 1.54) is 0 Å². The highest BCUT2D eigenvalue weighted by molar-refractivity contribution is 6.42. The van der Waals surface area contributed by atoms with Gasteiger partial charge in [0.15, 0.2) is 0 Å². The highest BCUT2D eigenvalue weighted by Crippen LogP contribution is 2.23. The number of carbonyl (C=O) groups excluding carboxylic acids is 1. The number of halogens is 3. The van der Waals surface area contributed by atoms with Gasteiger partial charge in [-0.25, -0.2) is 0 Å². The maximum Gasteiger partial charge on any atom is 0.229 e. The summed E-state index contributed by atoms with van der Waals surface area (Å²) in [5.41, 5.74) is 0.482. The molecule has 100 valence electrons. The normalized spacial score (nSPS) is 11.2. The molecule has 1 N–H and O–H groups in total. The number of rotatable bonds is 2. The molecule has 0 spiro atoms. The van der Waals surface area contributed by atoms with E-state index in [4.69, 9.17) is 23.2 Å². The van der Waals surface area contributed by atoms with Gasteiger partial charge >= 0.3 is 0 Å². The molecule has 0 heterocycles. The molecule has 0 aliphatic heterocycles. The predicted molar refractivity (Wildman–Crippen MR) is 80.3 cm³/mol. The van der Waals surface area contributed by atoms with Crippen molar-refractivity contribution in [1.82, 2.24) is 5.32 Å². The SMILES string of the molecule is CC(C)(C)C(=O)N/C=C/c1ccc(Cl)c(Cl)c1.Cl. The molecule has 0 aromatic heterocycles. The first-order chi connectivity index (χ1) is 7.80. The van der Waals surface area contributed by atoms with Crippen molar-refractivity contribution in [2.45, 2.75) is 20.8 Å². The highest BCUT2D eigenvalue weighted by atomic mass is 35.5. The molecular formula is C13H16Cl3NO. The van der Waals surface area contributed by atoms with Gasteiger partial charge in [-0.3, -0.25) is 4.79 Å². The van der Waals surface area contributed by atoms with E-state index < -0.39 is 5.41 Å². The summed E-state index contributed by atoms with van der Waals surface area (Å²) in [4.78, 5) is 11.6. The average molecular weight is 309 g/mol. The van der Waals surface area contributed by atoms with Crippen LogP contribution in [0.3, 0.4) is 0 Å². The van der Waals surface area contributed by atoms with Gasteiger partial charge in [0.1, 0.15) is 0 Å². The van der Waals surface area contributed by atoms with Gasteiger partial charge in [0.2, 0.25) is 5.91 Å². The van der Waals surface area contributed by atoms with Gasteiger partial charge in [-0.1, -0.05) is 50.0 Å². The van der Waals surface area contributed by atoms with Crippen LogP contribution in [0.1, 0.15) is 26.3 Å². The predicted octanol–water partition coefficient (Wildman–Crippen LogP) is 4.55. The van der Waals surface area contributed by atoms with Crippen molar-refractivity contribution in [2.75, 3.05) is 0 Å². The average Bonchev–Trinajstić information content (AvgIpc) is 2.22. The fourth-order valence-electron chi connectivity index (χ4n) is 1.05.